The summed E-state index contributed by atoms with van der Waals surface area (Å²) in [6.07, 6.45) is 5.04. The minimum absolute atomic E-state index is 0. The van der Waals surface area contributed by atoms with E-state index in [-0.39, 0.29) is 21.1 Å². The third-order valence-electron chi connectivity index (χ3n) is 4.56. The first-order chi connectivity index (χ1) is 15.2. The van der Waals surface area contributed by atoms with Gasteiger partial charge in [-0.15, -0.1) is 0 Å². The molecule has 0 aromatic carbocycles. The van der Waals surface area contributed by atoms with Crippen molar-refractivity contribution in [2.45, 2.75) is 96.8 Å². The molecule has 0 N–H and O–H groups in total. The molecular formula is C20H38O8Sn2W. The van der Waals surface area contributed by atoms with Crippen molar-refractivity contribution in [2.75, 3.05) is 0 Å². The molecule has 0 rings (SSSR count). The minimum atomic E-state index is -3.67. The number of rotatable bonds is 18. The predicted octanol–water partition coefficient (Wildman–Crippen LogP) is 4.57. The quantitative estimate of drug-likeness (QED) is 0.113. The van der Waals surface area contributed by atoms with Crippen LogP contribution in [-0.4, -0.2) is 64.3 Å². The third kappa shape index (κ3) is 18.3. The summed E-state index contributed by atoms with van der Waals surface area (Å²) in [5, 5.41) is 0. The molecule has 0 aliphatic heterocycles. The Kier molecular flexibility index (Phi) is 24.9. The number of hydrogen-bond donors (Lipinski definition) is 0. The zero-order chi connectivity index (χ0) is 24.9. The molecule has 0 fully saturated rings. The number of hydrogen-bond acceptors (Lipinski definition) is 8. The van der Waals surface area contributed by atoms with Crippen LogP contribution >= 0.6 is 0 Å². The maximum atomic E-state index is 10.7. The van der Waals surface area contributed by atoms with Gasteiger partial charge in [-0.3, -0.25) is 0 Å². The first-order valence-electron chi connectivity index (χ1n) is 11.7. The molecule has 0 aromatic heterocycles. The second-order valence-electron chi connectivity index (χ2n) is 6.98. The van der Waals surface area contributed by atoms with E-state index in [2.05, 4.69) is 0 Å². The van der Waals surface area contributed by atoms with E-state index in [1.54, 1.807) is 0 Å². The fourth-order valence-electron chi connectivity index (χ4n) is 2.79. The van der Waals surface area contributed by atoms with Crippen molar-refractivity contribution in [2.24, 2.45) is 0 Å². The fourth-order valence-corrected chi connectivity index (χ4v) is 18.7. The van der Waals surface area contributed by atoms with Gasteiger partial charge in [0.1, 0.15) is 0 Å². The van der Waals surface area contributed by atoms with Crippen LogP contribution in [0.3, 0.4) is 0 Å². The molecule has 0 aliphatic rings. The second-order valence-corrected chi connectivity index (χ2v) is 25.4. The van der Waals surface area contributed by atoms with Gasteiger partial charge in [-0.05, 0) is 0 Å². The van der Waals surface area contributed by atoms with Crippen LogP contribution in [-0.2, 0) is 52.5 Å². The van der Waals surface area contributed by atoms with E-state index in [1.807, 2.05) is 27.7 Å². The zero-order valence-electron chi connectivity index (χ0n) is 21.2. The average molecular weight is 832 g/mol. The van der Waals surface area contributed by atoms with Gasteiger partial charge in [-0.1, -0.05) is 0 Å². The summed E-state index contributed by atoms with van der Waals surface area (Å²) >= 11 is -7.34. The molecule has 11 heteroatoms. The summed E-state index contributed by atoms with van der Waals surface area (Å²) in [5.41, 5.74) is 0. The largest absolute Gasteiger partial charge is 2.00 e. The Morgan fingerprint density at radius 3 is 1.10 bits per heavy atom. The van der Waals surface area contributed by atoms with Gasteiger partial charge in [0.25, 0.3) is 0 Å². The normalized spacial score (nSPS) is 11.4. The van der Waals surface area contributed by atoms with Crippen LogP contribution in [0.4, 0.5) is 0 Å². The molecule has 0 aliphatic carbocycles. The van der Waals surface area contributed by atoms with E-state index in [1.165, 1.54) is 12.9 Å². The Morgan fingerprint density at radius 1 is 0.677 bits per heavy atom. The maximum absolute atomic E-state index is 10.7. The molecule has 0 heterocycles. The second kappa shape index (κ2) is 24.8. The van der Waals surface area contributed by atoms with E-state index >= 15 is 0 Å². The van der Waals surface area contributed by atoms with Crippen LogP contribution in [0.15, 0.2) is 0 Å². The van der Waals surface area contributed by atoms with Gasteiger partial charge in [0.05, 0.1) is 0 Å². The molecule has 180 valence electrons. The molecule has 0 saturated carbocycles. The van der Waals surface area contributed by atoms with Crippen molar-refractivity contribution >= 4 is 64.3 Å². The van der Waals surface area contributed by atoms with Crippen LogP contribution in [0.2, 0.25) is 17.7 Å². The van der Waals surface area contributed by atoms with E-state index in [0.29, 0.717) is 17.7 Å². The maximum Gasteiger partial charge on any atom is 2.00 e. The molecule has 0 amide bonds. The van der Waals surface area contributed by atoms with E-state index in [9.17, 15) is 19.2 Å². The van der Waals surface area contributed by atoms with Crippen molar-refractivity contribution in [3.05, 3.63) is 0 Å². The van der Waals surface area contributed by atoms with Crippen LogP contribution in [0.5, 0.6) is 0 Å². The van der Waals surface area contributed by atoms with Crippen molar-refractivity contribution in [3.8, 4) is 0 Å². The molecule has 0 radical (unpaired) electrons. The molecule has 0 atom stereocenters. The number of unbranched alkanes of at least 4 members (excludes halogenated alkanes) is 4. The summed E-state index contributed by atoms with van der Waals surface area (Å²) in [7, 11) is 0. The van der Waals surface area contributed by atoms with E-state index < -0.39 is 51.3 Å². The van der Waals surface area contributed by atoms with Gasteiger partial charge in [0.2, 0.25) is 0 Å². The van der Waals surface area contributed by atoms with Crippen molar-refractivity contribution in [1.29, 1.82) is 0 Å². The molecular weight excluding hydrogens is 789 g/mol. The Bertz CT molecular complexity index is 482. The average Bonchev–Trinajstić information content (AvgIpc) is 2.73. The van der Waals surface area contributed by atoms with Gasteiger partial charge in [0, 0.05) is 0 Å². The SMILES string of the molecule is [3H]C(=O)[O][Sn]([CH2]CCC)([CH2]CCC)[O][C-]=O.[3H]C(=O)[O][Sn]([CH2]CCC)([CH2]CCC)[O][C-]=O.[W+2]. The Morgan fingerprint density at radius 2 is 0.935 bits per heavy atom. The standard InChI is InChI=1S/4C4H9.2CH2O2.2CO2.2Sn.W/c4*1-3-4-2;4*2-1-3;;;/h4*1,3-4H2,2H3;2*1H,(H,2,3);;;;;/q;;;;;;2*-2;3*+2/p-2/i;;;;2*1T;;;;;. The molecule has 31 heavy (non-hydrogen) atoms. The van der Waals surface area contributed by atoms with Crippen LogP contribution in [0.1, 0.15) is 81.8 Å². The van der Waals surface area contributed by atoms with Gasteiger partial charge in [-0.2, -0.15) is 0 Å². The van der Waals surface area contributed by atoms with Gasteiger partial charge < -0.3 is 0 Å². The predicted molar refractivity (Wildman–Crippen MR) is 118 cm³/mol. The van der Waals surface area contributed by atoms with Gasteiger partial charge in [0.15, 0.2) is 0 Å². The fraction of sp³-hybridized carbons (Fsp3) is 0.800. The molecule has 0 saturated heterocycles. The first-order valence-corrected chi connectivity index (χ1v) is 23.4. The Hall–Kier alpha value is 0.166. The van der Waals surface area contributed by atoms with Crippen LogP contribution in [0.25, 0.3) is 0 Å². The summed E-state index contributed by atoms with van der Waals surface area (Å²) in [5.74, 6) is 0. The van der Waals surface area contributed by atoms with Gasteiger partial charge >= 0.3 is 216 Å². The summed E-state index contributed by atoms with van der Waals surface area (Å²) < 4.78 is 36.3. The summed E-state index contributed by atoms with van der Waals surface area (Å²) in [6.45, 7) is 10.9. The molecule has 0 unspecified atom stereocenters. The molecule has 0 spiro atoms. The van der Waals surface area contributed by atoms with Crippen LogP contribution < -0.4 is 0 Å². The van der Waals surface area contributed by atoms with Gasteiger partial charge in [-0.25, -0.2) is 0 Å². The third-order valence-corrected chi connectivity index (χ3v) is 22.5. The summed E-state index contributed by atoms with van der Waals surface area (Å²) in [6, 6.07) is 0. The topological polar surface area (TPSA) is 105 Å². The molecule has 0 bridgehead atoms. The molecule has 0 aromatic rings. The van der Waals surface area contributed by atoms with E-state index in [0.717, 1.165) is 51.4 Å². The molecule has 8 nitrogen and oxygen atoms in total. The Labute approximate surface area is 214 Å². The zero-order valence-corrected chi connectivity index (χ0v) is 27.8. The Balaban J connectivity index is -0.000000529. The van der Waals surface area contributed by atoms with Crippen molar-refractivity contribution < 1.29 is 55.3 Å². The van der Waals surface area contributed by atoms with Crippen molar-refractivity contribution in [1.82, 2.24) is 0 Å². The monoisotopic (exact) mass is 834 g/mol. The van der Waals surface area contributed by atoms with Crippen molar-refractivity contribution in [3.63, 3.8) is 0 Å². The smallest absolute Gasteiger partial charge is 2.00 e. The number of carbonyl (C=O) groups excluding carboxylic acids is 4. The first kappa shape index (κ1) is 31.2. The van der Waals surface area contributed by atoms with Crippen LogP contribution in [0, 0.1) is 0 Å². The summed E-state index contributed by atoms with van der Waals surface area (Å²) in [4.78, 5) is 42.3. The van der Waals surface area contributed by atoms with E-state index in [4.69, 9.17) is 15.0 Å². The minimum Gasteiger partial charge on any atom is 2.00 e. The number of carbonyl (C=O) groups is 2.